The smallest absolute Gasteiger partial charge is 0.273 e. The Hall–Kier alpha value is -4.16. The van der Waals surface area contributed by atoms with Crippen LogP contribution in [0.2, 0.25) is 5.02 Å². The third kappa shape index (κ3) is 8.45. The summed E-state index contributed by atoms with van der Waals surface area (Å²) in [5.74, 6) is -0.434. The molecule has 43 heavy (non-hydrogen) atoms. The molecule has 11 nitrogen and oxygen atoms in total. The molecule has 0 bridgehead atoms. The van der Waals surface area contributed by atoms with Crippen LogP contribution in [0.5, 0.6) is 5.75 Å². The van der Waals surface area contributed by atoms with Gasteiger partial charge in [0.1, 0.15) is 18.3 Å². The van der Waals surface area contributed by atoms with E-state index in [1.807, 2.05) is 13.8 Å². The molecule has 13 heteroatoms. The summed E-state index contributed by atoms with van der Waals surface area (Å²) in [5.41, 5.74) is 0.711. The Balaban J connectivity index is 2.07. The number of nitro groups is 1. The van der Waals surface area contributed by atoms with Crippen LogP contribution in [0.15, 0.2) is 71.6 Å². The van der Waals surface area contributed by atoms with Gasteiger partial charge in [-0.3, -0.25) is 24.0 Å². The molecule has 3 rings (SSSR count). The SMILES string of the molecule is COc1ccc(N(CC(=O)N(Cc2ccc(Cl)cc2)[C@@H](C)C(=O)NCC(C)C)S(=O)(=O)c2ccc(C)c([N+](=O)[O-])c2)cc1. The number of aryl methyl sites for hydroxylation is 1. The maximum Gasteiger partial charge on any atom is 0.273 e. The van der Waals surface area contributed by atoms with Crippen molar-refractivity contribution in [1.29, 1.82) is 0 Å². The Morgan fingerprint density at radius 1 is 1.02 bits per heavy atom. The number of ether oxygens (including phenoxy) is 1. The number of halogens is 1. The first kappa shape index (κ1) is 33.3. The van der Waals surface area contributed by atoms with Crippen molar-refractivity contribution in [2.75, 3.05) is 24.5 Å². The van der Waals surface area contributed by atoms with E-state index in [0.29, 0.717) is 22.9 Å². The van der Waals surface area contributed by atoms with Crippen molar-refractivity contribution in [3.05, 3.63) is 93.0 Å². The highest BCUT2D eigenvalue weighted by Crippen LogP contribution is 2.29. The van der Waals surface area contributed by atoms with Crippen molar-refractivity contribution >= 4 is 44.8 Å². The van der Waals surface area contributed by atoms with Gasteiger partial charge < -0.3 is 15.0 Å². The van der Waals surface area contributed by atoms with Gasteiger partial charge >= 0.3 is 0 Å². The van der Waals surface area contributed by atoms with Crippen LogP contribution in [0.4, 0.5) is 11.4 Å². The molecule has 0 spiro atoms. The number of sulfonamides is 1. The lowest BCUT2D eigenvalue weighted by molar-refractivity contribution is -0.385. The van der Waals surface area contributed by atoms with Crippen molar-refractivity contribution in [3.63, 3.8) is 0 Å². The molecular weight excluding hydrogens is 596 g/mol. The first-order chi connectivity index (χ1) is 20.2. The van der Waals surface area contributed by atoms with Crippen LogP contribution in [0.25, 0.3) is 0 Å². The molecule has 1 atom stereocenters. The number of anilines is 1. The number of benzene rings is 3. The number of carbonyl (C=O) groups excluding carboxylic acids is 2. The van der Waals surface area contributed by atoms with Crippen molar-refractivity contribution in [2.24, 2.45) is 5.92 Å². The summed E-state index contributed by atoms with van der Waals surface area (Å²) in [5, 5.41) is 14.9. The van der Waals surface area contributed by atoms with Crippen molar-refractivity contribution in [1.82, 2.24) is 10.2 Å². The third-order valence-corrected chi connectivity index (χ3v) is 8.74. The Bertz CT molecular complexity index is 1560. The maximum atomic E-state index is 14.0. The van der Waals surface area contributed by atoms with Gasteiger partial charge in [0.05, 0.1) is 22.6 Å². The Morgan fingerprint density at radius 2 is 1.65 bits per heavy atom. The first-order valence-electron chi connectivity index (χ1n) is 13.5. The highest BCUT2D eigenvalue weighted by atomic mass is 35.5. The Labute approximate surface area is 256 Å². The van der Waals surface area contributed by atoms with Crippen LogP contribution in [0.1, 0.15) is 31.9 Å². The molecule has 0 unspecified atom stereocenters. The second-order valence-corrected chi connectivity index (χ2v) is 12.7. The van der Waals surface area contributed by atoms with Gasteiger partial charge in [-0.15, -0.1) is 0 Å². The minimum atomic E-state index is -4.50. The van der Waals surface area contributed by atoms with E-state index in [9.17, 15) is 28.1 Å². The predicted octanol–water partition coefficient (Wildman–Crippen LogP) is 4.95. The number of methoxy groups -OCH3 is 1. The molecule has 1 N–H and O–H groups in total. The second kappa shape index (κ2) is 14.3. The molecule has 0 saturated heterocycles. The van der Waals surface area contributed by atoms with Crippen LogP contribution >= 0.6 is 11.6 Å². The minimum Gasteiger partial charge on any atom is -0.497 e. The summed E-state index contributed by atoms with van der Waals surface area (Å²) in [4.78, 5) is 38.9. The molecule has 0 saturated carbocycles. The number of amides is 2. The van der Waals surface area contributed by atoms with Gasteiger partial charge in [0.25, 0.3) is 15.7 Å². The molecule has 3 aromatic carbocycles. The maximum absolute atomic E-state index is 14.0. The molecule has 0 heterocycles. The normalized spacial score (nSPS) is 12.0. The van der Waals surface area contributed by atoms with Gasteiger partial charge in [-0.2, -0.15) is 0 Å². The number of hydrogen-bond donors (Lipinski definition) is 1. The van der Waals surface area contributed by atoms with E-state index in [-0.39, 0.29) is 34.3 Å². The lowest BCUT2D eigenvalue weighted by Crippen LogP contribution is -2.51. The molecule has 230 valence electrons. The van der Waals surface area contributed by atoms with E-state index in [1.165, 1.54) is 55.3 Å². The van der Waals surface area contributed by atoms with Gasteiger partial charge in [-0.05, 0) is 67.8 Å². The van der Waals surface area contributed by atoms with Gasteiger partial charge in [-0.1, -0.05) is 43.6 Å². The third-order valence-electron chi connectivity index (χ3n) is 6.72. The fourth-order valence-electron chi connectivity index (χ4n) is 4.17. The van der Waals surface area contributed by atoms with Crippen LogP contribution in [-0.4, -0.2) is 56.3 Å². The van der Waals surface area contributed by atoms with Gasteiger partial charge in [0.15, 0.2) is 0 Å². The number of nitrogens with one attached hydrogen (secondary N) is 1. The van der Waals surface area contributed by atoms with Gasteiger partial charge in [0, 0.05) is 29.7 Å². The largest absolute Gasteiger partial charge is 0.497 e. The lowest BCUT2D eigenvalue weighted by Gasteiger charge is -2.32. The molecule has 0 fully saturated rings. The molecule has 0 aromatic heterocycles. The fraction of sp³-hybridized carbons (Fsp3) is 0.333. The van der Waals surface area contributed by atoms with Crippen molar-refractivity contribution in [3.8, 4) is 5.75 Å². The van der Waals surface area contributed by atoms with Crippen LogP contribution in [0.3, 0.4) is 0 Å². The molecular formula is C30H35ClN4O7S. The molecule has 3 aromatic rings. The number of rotatable bonds is 13. The number of nitrogens with zero attached hydrogens (tertiary/aromatic N) is 3. The molecule has 0 radical (unpaired) electrons. The summed E-state index contributed by atoms with van der Waals surface area (Å²) in [6.07, 6.45) is 0. The minimum absolute atomic E-state index is 0.00122. The zero-order valence-corrected chi connectivity index (χ0v) is 26.2. The predicted molar refractivity (Wildman–Crippen MR) is 165 cm³/mol. The molecule has 0 aliphatic heterocycles. The van der Waals surface area contributed by atoms with E-state index >= 15 is 0 Å². The Morgan fingerprint density at radius 3 is 2.21 bits per heavy atom. The van der Waals surface area contributed by atoms with E-state index in [1.54, 1.807) is 31.2 Å². The number of hydrogen-bond acceptors (Lipinski definition) is 7. The standard InChI is InChI=1S/C30H35ClN4O7S/c1-20(2)17-32-30(37)22(4)33(18-23-7-9-24(31)10-8-23)29(36)19-34(25-11-13-26(42-5)14-12-25)43(40,41)27-15-6-21(3)28(16-27)35(38)39/h6-16,20,22H,17-19H2,1-5H3,(H,32,37)/t22-/m0/s1. The van der Waals surface area contributed by atoms with Crippen molar-refractivity contribution in [2.45, 2.75) is 45.2 Å². The van der Waals surface area contributed by atoms with Gasteiger partial charge in [0.2, 0.25) is 11.8 Å². The summed E-state index contributed by atoms with van der Waals surface area (Å²) in [6.45, 7) is 6.65. The van der Waals surface area contributed by atoms with E-state index in [0.717, 1.165) is 10.4 Å². The monoisotopic (exact) mass is 630 g/mol. The topological polar surface area (TPSA) is 139 Å². The zero-order valence-electron chi connectivity index (χ0n) is 24.6. The Kier molecular flexibility index (Phi) is 11.1. The average molecular weight is 631 g/mol. The first-order valence-corrected chi connectivity index (χ1v) is 15.3. The number of nitro benzene ring substituents is 1. The second-order valence-electron chi connectivity index (χ2n) is 10.4. The highest BCUT2D eigenvalue weighted by Gasteiger charge is 2.33. The highest BCUT2D eigenvalue weighted by molar-refractivity contribution is 7.92. The van der Waals surface area contributed by atoms with Gasteiger partial charge in [-0.25, -0.2) is 8.42 Å². The fourth-order valence-corrected chi connectivity index (χ4v) is 5.73. The van der Waals surface area contributed by atoms with Crippen LogP contribution in [0, 0.1) is 23.0 Å². The molecule has 0 aliphatic rings. The van der Waals surface area contributed by atoms with Crippen LogP contribution < -0.4 is 14.4 Å². The summed E-state index contributed by atoms with van der Waals surface area (Å²) >= 11 is 6.03. The van der Waals surface area contributed by atoms with Crippen LogP contribution in [-0.2, 0) is 26.2 Å². The van der Waals surface area contributed by atoms with E-state index < -0.39 is 39.3 Å². The summed E-state index contributed by atoms with van der Waals surface area (Å²) < 4.78 is 34.1. The van der Waals surface area contributed by atoms with E-state index in [4.69, 9.17) is 16.3 Å². The molecule has 0 aliphatic carbocycles. The summed E-state index contributed by atoms with van der Waals surface area (Å²) in [6, 6.07) is 15.4. The quantitative estimate of drug-likeness (QED) is 0.208. The zero-order chi connectivity index (χ0) is 31.9. The number of carbonyl (C=O) groups is 2. The molecule has 2 amide bonds. The van der Waals surface area contributed by atoms with E-state index in [2.05, 4.69) is 5.32 Å². The lowest BCUT2D eigenvalue weighted by atomic mass is 10.1. The average Bonchev–Trinajstić information content (AvgIpc) is 2.97. The van der Waals surface area contributed by atoms with Crippen molar-refractivity contribution < 1.29 is 27.7 Å². The summed E-state index contributed by atoms with van der Waals surface area (Å²) in [7, 11) is -3.04.